The molecular formula is C22H20F3N3O2. The Morgan fingerprint density at radius 2 is 1.77 bits per heavy atom. The predicted octanol–water partition coefficient (Wildman–Crippen LogP) is 4.07. The van der Waals surface area contributed by atoms with Gasteiger partial charge in [-0.2, -0.15) is 18.3 Å². The first kappa shape index (κ1) is 20.2. The van der Waals surface area contributed by atoms with Crippen molar-refractivity contribution in [2.75, 3.05) is 13.2 Å². The number of fused-ring (bicyclic) bond motifs is 1. The summed E-state index contributed by atoms with van der Waals surface area (Å²) in [6.07, 6.45) is -4.16. The van der Waals surface area contributed by atoms with E-state index in [1.807, 2.05) is 42.5 Å². The Labute approximate surface area is 171 Å². The molecule has 1 aliphatic heterocycles. The molecule has 0 spiro atoms. The smallest absolute Gasteiger partial charge is 0.376 e. The molecule has 0 radical (unpaired) electrons. The van der Waals surface area contributed by atoms with Gasteiger partial charge >= 0.3 is 6.18 Å². The molecule has 1 aromatic heterocycles. The van der Waals surface area contributed by atoms with Crippen LogP contribution < -0.4 is 5.32 Å². The molecule has 2 heterocycles. The number of nitrogens with zero attached hydrogens (tertiary/aromatic N) is 2. The average molecular weight is 415 g/mol. The summed E-state index contributed by atoms with van der Waals surface area (Å²) in [5.74, 6) is -0.282. The zero-order valence-corrected chi connectivity index (χ0v) is 16.1. The van der Waals surface area contributed by atoms with E-state index in [1.165, 1.54) is 4.68 Å². The van der Waals surface area contributed by atoms with Gasteiger partial charge in [0.05, 0.1) is 19.8 Å². The first-order valence-electron chi connectivity index (χ1n) is 9.60. The first-order valence-corrected chi connectivity index (χ1v) is 9.60. The monoisotopic (exact) mass is 415 g/mol. The number of aromatic nitrogens is 2. The van der Waals surface area contributed by atoms with Gasteiger partial charge in [-0.25, -0.2) is 0 Å². The second-order valence-corrected chi connectivity index (χ2v) is 7.00. The molecule has 1 amide bonds. The third-order valence-electron chi connectivity index (χ3n) is 5.03. The molecule has 0 aliphatic carbocycles. The van der Waals surface area contributed by atoms with Crippen LogP contribution in [0.1, 0.15) is 27.3 Å². The van der Waals surface area contributed by atoms with E-state index in [9.17, 15) is 18.0 Å². The molecule has 8 heteroatoms. The molecule has 2 aromatic carbocycles. The van der Waals surface area contributed by atoms with Crippen LogP contribution in [0.15, 0.2) is 54.6 Å². The minimum Gasteiger partial charge on any atom is -0.376 e. The SMILES string of the molecule is O=C(NCCn1nc(C(F)(F)F)c2c1CCOC2)c1ccc(-c2ccccc2)cc1. The molecule has 1 N–H and O–H groups in total. The highest BCUT2D eigenvalue weighted by Crippen LogP contribution is 2.34. The molecule has 0 fully saturated rings. The lowest BCUT2D eigenvalue weighted by molar-refractivity contribution is -0.142. The standard InChI is InChI=1S/C22H20F3N3O2/c23-22(24,25)20-18-14-30-13-10-19(18)28(27-20)12-11-26-21(29)17-8-6-16(7-9-17)15-4-2-1-3-5-15/h1-9H,10-14H2,(H,26,29). The molecule has 0 unspecified atom stereocenters. The number of hydrogen-bond donors (Lipinski definition) is 1. The molecule has 1 aliphatic rings. The maximum atomic E-state index is 13.2. The molecular weight excluding hydrogens is 395 g/mol. The fraction of sp³-hybridized carbons (Fsp3) is 0.273. The van der Waals surface area contributed by atoms with Crippen LogP contribution in [0.2, 0.25) is 0 Å². The van der Waals surface area contributed by atoms with Crippen molar-refractivity contribution in [3.05, 3.63) is 77.1 Å². The normalized spacial score (nSPS) is 13.7. The van der Waals surface area contributed by atoms with E-state index >= 15 is 0 Å². The Morgan fingerprint density at radius 1 is 1.07 bits per heavy atom. The van der Waals surface area contributed by atoms with Crippen LogP contribution in [0.3, 0.4) is 0 Å². The Hall–Kier alpha value is -3.13. The summed E-state index contributed by atoms with van der Waals surface area (Å²) >= 11 is 0. The van der Waals surface area contributed by atoms with Gasteiger partial charge in [0, 0.05) is 29.8 Å². The number of nitrogens with one attached hydrogen (secondary N) is 1. The van der Waals surface area contributed by atoms with Crippen LogP contribution in [0.25, 0.3) is 11.1 Å². The Bertz CT molecular complexity index is 1030. The fourth-order valence-corrected chi connectivity index (χ4v) is 3.54. The number of carbonyl (C=O) groups is 1. The van der Waals surface area contributed by atoms with Gasteiger partial charge < -0.3 is 10.1 Å². The fourth-order valence-electron chi connectivity index (χ4n) is 3.54. The van der Waals surface area contributed by atoms with Gasteiger partial charge in [-0.15, -0.1) is 0 Å². The molecule has 0 bridgehead atoms. The maximum absolute atomic E-state index is 13.2. The molecule has 3 aromatic rings. The van der Waals surface area contributed by atoms with E-state index < -0.39 is 11.9 Å². The van der Waals surface area contributed by atoms with Crippen LogP contribution in [0, 0.1) is 0 Å². The number of alkyl halides is 3. The minimum atomic E-state index is -4.53. The number of benzene rings is 2. The number of amides is 1. The Balaban J connectivity index is 1.40. The van der Waals surface area contributed by atoms with Gasteiger partial charge in [-0.3, -0.25) is 9.48 Å². The summed E-state index contributed by atoms with van der Waals surface area (Å²) in [5, 5.41) is 6.49. The Morgan fingerprint density at radius 3 is 2.47 bits per heavy atom. The second kappa shape index (κ2) is 8.31. The van der Waals surface area contributed by atoms with Crippen LogP contribution in [0.5, 0.6) is 0 Å². The third-order valence-corrected chi connectivity index (χ3v) is 5.03. The first-order chi connectivity index (χ1) is 14.4. The highest BCUT2D eigenvalue weighted by molar-refractivity contribution is 5.94. The van der Waals surface area contributed by atoms with E-state index in [1.54, 1.807) is 12.1 Å². The largest absolute Gasteiger partial charge is 0.435 e. The lowest BCUT2D eigenvalue weighted by atomic mass is 10.0. The van der Waals surface area contributed by atoms with Crippen molar-refractivity contribution in [2.24, 2.45) is 0 Å². The van der Waals surface area contributed by atoms with E-state index in [0.29, 0.717) is 24.3 Å². The minimum absolute atomic E-state index is 0.0930. The van der Waals surface area contributed by atoms with Crippen LogP contribution in [-0.4, -0.2) is 28.8 Å². The predicted molar refractivity (Wildman–Crippen MR) is 105 cm³/mol. The summed E-state index contributed by atoms with van der Waals surface area (Å²) in [6, 6.07) is 17.0. The van der Waals surface area contributed by atoms with Crippen LogP contribution in [-0.2, 0) is 30.5 Å². The van der Waals surface area contributed by atoms with E-state index in [-0.39, 0.29) is 31.2 Å². The van der Waals surface area contributed by atoms with E-state index in [4.69, 9.17) is 4.74 Å². The summed E-state index contributed by atoms with van der Waals surface area (Å²) in [6.45, 7) is 0.595. The molecule has 30 heavy (non-hydrogen) atoms. The average Bonchev–Trinajstić information content (AvgIpc) is 3.14. The van der Waals surface area contributed by atoms with Crippen molar-refractivity contribution in [3.8, 4) is 11.1 Å². The molecule has 0 saturated heterocycles. The van der Waals surface area contributed by atoms with Crippen molar-refractivity contribution in [1.29, 1.82) is 0 Å². The van der Waals surface area contributed by atoms with Gasteiger partial charge in [0.15, 0.2) is 5.69 Å². The topological polar surface area (TPSA) is 56.2 Å². The van der Waals surface area contributed by atoms with Gasteiger partial charge in [0.2, 0.25) is 0 Å². The van der Waals surface area contributed by atoms with Gasteiger partial charge in [0.25, 0.3) is 5.91 Å². The van der Waals surface area contributed by atoms with Crippen molar-refractivity contribution in [1.82, 2.24) is 15.1 Å². The second-order valence-electron chi connectivity index (χ2n) is 7.00. The Kier molecular flexibility index (Phi) is 5.59. The molecule has 0 atom stereocenters. The number of carbonyl (C=O) groups excluding carboxylic acids is 1. The molecule has 0 saturated carbocycles. The highest BCUT2D eigenvalue weighted by atomic mass is 19.4. The van der Waals surface area contributed by atoms with Crippen molar-refractivity contribution >= 4 is 5.91 Å². The number of ether oxygens (including phenoxy) is 1. The van der Waals surface area contributed by atoms with E-state index in [2.05, 4.69) is 10.4 Å². The number of halogens is 3. The zero-order chi connectivity index (χ0) is 21.1. The zero-order valence-electron chi connectivity index (χ0n) is 16.1. The van der Waals surface area contributed by atoms with Crippen molar-refractivity contribution < 1.29 is 22.7 Å². The third kappa shape index (κ3) is 4.23. The number of rotatable bonds is 5. The van der Waals surface area contributed by atoms with Gasteiger partial charge in [0.1, 0.15) is 0 Å². The summed E-state index contributed by atoms with van der Waals surface area (Å²) in [7, 11) is 0. The summed E-state index contributed by atoms with van der Waals surface area (Å²) < 4.78 is 46.1. The van der Waals surface area contributed by atoms with E-state index in [0.717, 1.165) is 11.1 Å². The van der Waals surface area contributed by atoms with Crippen molar-refractivity contribution in [2.45, 2.75) is 25.7 Å². The molecule has 5 nitrogen and oxygen atoms in total. The van der Waals surface area contributed by atoms with Gasteiger partial charge in [-0.05, 0) is 23.3 Å². The highest BCUT2D eigenvalue weighted by Gasteiger charge is 2.39. The van der Waals surface area contributed by atoms with Crippen LogP contribution in [0.4, 0.5) is 13.2 Å². The summed E-state index contributed by atoms with van der Waals surface area (Å²) in [4.78, 5) is 12.4. The van der Waals surface area contributed by atoms with Crippen molar-refractivity contribution in [3.63, 3.8) is 0 Å². The molecule has 4 rings (SSSR count). The lowest BCUT2D eigenvalue weighted by Crippen LogP contribution is -2.28. The molecule has 156 valence electrons. The maximum Gasteiger partial charge on any atom is 0.435 e. The number of hydrogen-bond acceptors (Lipinski definition) is 3. The quantitative estimate of drug-likeness (QED) is 0.684. The van der Waals surface area contributed by atoms with Gasteiger partial charge in [-0.1, -0.05) is 42.5 Å². The lowest BCUT2D eigenvalue weighted by Gasteiger charge is -2.15. The summed E-state index contributed by atoms with van der Waals surface area (Å²) in [5.41, 5.74) is 2.25. The van der Waals surface area contributed by atoms with Crippen LogP contribution >= 0.6 is 0 Å².